The number of aliphatic carboxylic acids is 2. The van der Waals surface area contributed by atoms with Crippen LogP contribution in [0.4, 0.5) is 0 Å². The average Bonchev–Trinajstić information content (AvgIpc) is 2.45. The summed E-state index contributed by atoms with van der Waals surface area (Å²) in [7, 11) is 0. The van der Waals surface area contributed by atoms with Crippen molar-refractivity contribution in [1.29, 1.82) is 0 Å². The summed E-state index contributed by atoms with van der Waals surface area (Å²) < 4.78 is 0.109. The molecule has 0 aliphatic heterocycles. The molecule has 122 valence electrons. The predicted octanol–water partition coefficient (Wildman–Crippen LogP) is -2.49. The largest absolute Gasteiger partial charge is 1.00 e. The number of carboxylic acid groups (broad SMARTS) is 2. The molecular weight excluding hydrogens is 313 g/mol. The minimum Gasteiger partial charge on any atom is -0.550 e. The van der Waals surface area contributed by atoms with Gasteiger partial charge in [0.2, 0.25) is 0 Å². The van der Waals surface area contributed by atoms with Crippen molar-refractivity contribution in [3.63, 3.8) is 0 Å². The summed E-state index contributed by atoms with van der Waals surface area (Å²) >= 11 is 0. The van der Waals surface area contributed by atoms with Crippen LogP contribution in [-0.2, 0) is 9.59 Å². The second-order valence-corrected chi connectivity index (χ2v) is 5.30. The molecule has 0 aliphatic carbocycles. The third-order valence-electron chi connectivity index (χ3n) is 3.55. The molecule has 0 amide bonds. The van der Waals surface area contributed by atoms with Gasteiger partial charge in [-0.1, -0.05) is 19.1 Å². The van der Waals surface area contributed by atoms with E-state index in [1.54, 1.807) is 0 Å². The third kappa shape index (κ3) is 12.7. The van der Waals surface area contributed by atoms with Crippen LogP contribution >= 0.6 is 0 Å². The second kappa shape index (κ2) is 14.8. The first-order valence-corrected chi connectivity index (χ1v) is 7.48. The van der Waals surface area contributed by atoms with Crippen LogP contribution in [0.3, 0.4) is 0 Å². The van der Waals surface area contributed by atoms with Crippen molar-refractivity contribution in [3.05, 3.63) is 12.2 Å². The summed E-state index contributed by atoms with van der Waals surface area (Å²) in [6.45, 7) is 2.85. The van der Waals surface area contributed by atoms with E-state index in [2.05, 4.69) is 19.1 Å². The Balaban J connectivity index is 0. The Bertz CT molecular complexity index is 329. The Morgan fingerprint density at radius 3 is 2.23 bits per heavy atom. The molecule has 22 heavy (non-hydrogen) atoms. The molecule has 0 radical (unpaired) electrons. The molecule has 6 nitrogen and oxygen atoms in total. The van der Waals surface area contributed by atoms with Gasteiger partial charge < -0.3 is 24.6 Å². The molecule has 0 bridgehead atoms. The van der Waals surface area contributed by atoms with E-state index < -0.39 is 11.9 Å². The number of carbonyl (C=O) groups excluding carboxylic acids is 1. The number of rotatable bonds is 13. The quantitative estimate of drug-likeness (QED) is 0.127. The van der Waals surface area contributed by atoms with Crippen LogP contribution in [0.25, 0.3) is 0 Å². The summed E-state index contributed by atoms with van der Waals surface area (Å²) in [4.78, 5) is 21.3. The smallest absolute Gasteiger partial charge is 0.550 e. The summed E-state index contributed by atoms with van der Waals surface area (Å²) in [5, 5.41) is 29.0. The fraction of sp³-hybridized carbons (Fsp3) is 0.733. The minimum atomic E-state index is -1.17. The maximum Gasteiger partial charge on any atom is 1.00 e. The van der Waals surface area contributed by atoms with E-state index in [1.165, 1.54) is 0 Å². The van der Waals surface area contributed by atoms with Gasteiger partial charge in [0, 0.05) is 12.4 Å². The van der Waals surface area contributed by atoms with Crippen LogP contribution < -0.4 is 56.5 Å². The van der Waals surface area contributed by atoms with Crippen LogP contribution in [0, 0.1) is 0 Å². The van der Waals surface area contributed by atoms with Gasteiger partial charge >= 0.3 is 57.4 Å². The van der Waals surface area contributed by atoms with Crippen molar-refractivity contribution >= 4 is 11.9 Å². The van der Waals surface area contributed by atoms with Crippen LogP contribution in [0.5, 0.6) is 0 Å². The van der Waals surface area contributed by atoms with Gasteiger partial charge in [0.1, 0.15) is 0 Å². The van der Waals surface area contributed by atoms with Gasteiger partial charge in [-0.25, -0.2) is 0 Å². The first-order valence-electron chi connectivity index (χ1n) is 7.48. The molecule has 1 unspecified atom stereocenters. The monoisotopic (exact) mass is 340 g/mol. The van der Waals surface area contributed by atoms with Gasteiger partial charge in [0.25, 0.3) is 0 Å². The molecule has 1 atom stereocenters. The van der Waals surface area contributed by atoms with Gasteiger partial charge in [0.15, 0.2) is 6.73 Å². The Hall–Kier alpha value is 0.236. The van der Waals surface area contributed by atoms with E-state index in [9.17, 15) is 19.8 Å². The van der Waals surface area contributed by atoms with Crippen molar-refractivity contribution < 1.29 is 80.8 Å². The van der Waals surface area contributed by atoms with Crippen LogP contribution in [0.15, 0.2) is 12.2 Å². The number of unbranched alkanes of at least 4 members (excludes halogenated alkanes) is 2. The van der Waals surface area contributed by atoms with E-state index in [-0.39, 0.29) is 88.5 Å². The standard InChI is InChI=1S/C15H27NO5.K/c1-2-3-4-5-6-7-10-16(13-17,11-8-14(18)19)12-9-15(20)21;/h3-4,17H,2,5-13H2,1H3,(H-,18,19,20,21);/q;+1/b4-3+;. The third-order valence-corrected chi connectivity index (χ3v) is 3.55. The number of hydrogen-bond donors (Lipinski definition) is 2. The fourth-order valence-electron chi connectivity index (χ4n) is 2.20. The normalized spacial score (nSPS) is 13.5. The number of aliphatic hydroxyl groups excluding tert-OH is 1. The van der Waals surface area contributed by atoms with Crippen molar-refractivity contribution in [2.24, 2.45) is 0 Å². The number of quaternary nitrogens is 1. The molecule has 0 fully saturated rings. The molecule has 0 aliphatic rings. The fourth-order valence-corrected chi connectivity index (χ4v) is 2.20. The zero-order chi connectivity index (χ0) is 16.1. The van der Waals surface area contributed by atoms with E-state index in [4.69, 9.17) is 5.11 Å². The second-order valence-electron chi connectivity index (χ2n) is 5.30. The molecule has 0 heterocycles. The summed E-state index contributed by atoms with van der Waals surface area (Å²) in [5.74, 6) is -2.11. The van der Waals surface area contributed by atoms with Crippen molar-refractivity contribution in [2.45, 2.75) is 45.4 Å². The Morgan fingerprint density at radius 1 is 1.09 bits per heavy atom. The van der Waals surface area contributed by atoms with Gasteiger partial charge in [0.05, 0.1) is 26.1 Å². The predicted molar refractivity (Wildman–Crippen MR) is 77.1 cm³/mol. The van der Waals surface area contributed by atoms with Gasteiger partial charge in [-0.3, -0.25) is 4.79 Å². The average molecular weight is 340 g/mol. The van der Waals surface area contributed by atoms with E-state index in [0.29, 0.717) is 6.54 Å². The molecule has 0 saturated carbocycles. The zero-order valence-electron chi connectivity index (χ0n) is 13.8. The molecule has 0 aromatic carbocycles. The van der Waals surface area contributed by atoms with Crippen molar-refractivity contribution in [1.82, 2.24) is 0 Å². The molecule has 2 N–H and O–H groups in total. The Morgan fingerprint density at radius 2 is 1.73 bits per heavy atom. The van der Waals surface area contributed by atoms with Gasteiger partial charge in [-0.2, -0.15) is 0 Å². The van der Waals surface area contributed by atoms with E-state index in [0.717, 1.165) is 25.7 Å². The summed E-state index contributed by atoms with van der Waals surface area (Å²) in [5.41, 5.74) is 0. The van der Waals surface area contributed by atoms with Gasteiger partial charge in [-0.05, 0) is 25.7 Å². The molecule has 7 heteroatoms. The number of carbonyl (C=O) groups is 2. The van der Waals surface area contributed by atoms with Crippen LogP contribution in [-0.4, -0.2) is 53.0 Å². The van der Waals surface area contributed by atoms with E-state index >= 15 is 0 Å². The maximum absolute atomic E-state index is 10.7. The minimum absolute atomic E-state index is 0. The van der Waals surface area contributed by atoms with Crippen LogP contribution in [0.2, 0.25) is 0 Å². The SMILES string of the molecule is CC/C=C/CCCC[N+](CO)(CCC(=O)[O-])CCC(=O)O.[K+]. The number of allylic oxidation sites excluding steroid dienone is 2. The summed E-state index contributed by atoms with van der Waals surface area (Å²) in [6.07, 6.45) is 7.65. The molecule has 0 aromatic heterocycles. The molecule has 0 spiro atoms. The van der Waals surface area contributed by atoms with Gasteiger partial charge in [-0.15, -0.1) is 0 Å². The molecule has 0 aromatic rings. The topological polar surface area (TPSA) is 97.7 Å². The van der Waals surface area contributed by atoms with Crippen molar-refractivity contribution in [3.8, 4) is 0 Å². The Labute approximate surface area is 175 Å². The van der Waals surface area contributed by atoms with Crippen molar-refractivity contribution in [2.75, 3.05) is 26.4 Å². The first kappa shape index (κ1) is 24.5. The first-order chi connectivity index (χ1) is 9.95. The van der Waals surface area contributed by atoms with Crippen LogP contribution in [0.1, 0.15) is 45.4 Å². The number of aliphatic hydroxyl groups is 1. The zero-order valence-corrected chi connectivity index (χ0v) is 16.9. The number of hydrogen-bond acceptors (Lipinski definition) is 4. The Kier molecular flexibility index (Phi) is 16.5. The maximum atomic E-state index is 10.7. The number of nitrogens with zero attached hydrogens (tertiary/aromatic N) is 1. The number of carboxylic acids is 2. The molecule has 0 rings (SSSR count). The molecular formula is C15H27KNO5+. The summed E-state index contributed by atoms with van der Waals surface area (Å²) in [6, 6.07) is 0. The molecule has 0 saturated heterocycles. The van der Waals surface area contributed by atoms with E-state index in [1.807, 2.05) is 0 Å².